The first-order chi connectivity index (χ1) is 12.0. The van der Waals surface area contributed by atoms with Gasteiger partial charge in [-0.05, 0) is 47.7 Å². The largest absolute Gasteiger partial charge is 0.497 e. The normalized spacial score (nSPS) is 13.1. The molecule has 25 heavy (non-hydrogen) atoms. The molecule has 4 nitrogen and oxygen atoms in total. The molecule has 0 fully saturated rings. The topological polar surface area (TPSA) is 58.6 Å². The van der Waals surface area contributed by atoms with Gasteiger partial charge in [-0.1, -0.05) is 31.2 Å². The number of nitrogens with one attached hydrogen (secondary N) is 1. The molecule has 134 valence electrons. The number of hydrogen-bond donors (Lipinski definition) is 2. The van der Waals surface area contributed by atoms with E-state index in [0.717, 1.165) is 12.2 Å². The molecule has 2 N–H and O–H groups in total. The summed E-state index contributed by atoms with van der Waals surface area (Å²) in [4.78, 5) is 12.0. The molecular formula is C20H24FNO3. The number of rotatable bonds is 8. The van der Waals surface area contributed by atoms with Crippen LogP contribution >= 0.6 is 0 Å². The summed E-state index contributed by atoms with van der Waals surface area (Å²) in [6.07, 6.45) is -0.261. The molecule has 0 aliphatic rings. The average molecular weight is 345 g/mol. The number of methoxy groups -OCH3 is 1. The van der Waals surface area contributed by atoms with Gasteiger partial charge < -0.3 is 15.2 Å². The maximum Gasteiger partial charge on any atom is 0.222 e. The number of hydrogen-bond acceptors (Lipinski definition) is 3. The van der Waals surface area contributed by atoms with E-state index in [1.54, 1.807) is 13.2 Å². The van der Waals surface area contributed by atoms with Crippen LogP contribution in [-0.2, 0) is 11.2 Å². The number of carbonyl (C=O) groups is 1. The SMILES string of the molecule is COc1ccc(CC(C)CNC(=O)CC(O)c2cccc(F)c2)cc1. The number of carbonyl (C=O) groups excluding carboxylic acids is 1. The first-order valence-electron chi connectivity index (χ1n) is 8.31. The van der Waals surface area contributed by atoms with Gasteiger partial charge in [0.15, 0.2) is 0 Å². The Hall–Kier alpha value is -2.40. The Kier molecular flexibility index (Phi) is 6.95. The average Bonchev–Trinajstić information content (AvgIpc) is 2.60. The molecule has 0 aromatic heterocycles. The van der Waals surface area contributed by atoms with E-state index in [0.29, 0.717) is 12.1 Å². The van der Waals surface area contributed by atoms with Crippen molar-refractivity contribution < 1.29 is 19.0 Å². The zero-order chi connectivity index (χ0) is 18.2. The number of aliphatic hydroxyl groups is 1. The van der Waals surface area contributed by atoms with Crippen LogP contribution in [0.25, 0.3) is 0 Å². The summed E-state index contributed by atoms with van der Waals surface area (Å²) in [6.45, 7) is 2.56. The highest BCUT2D eigenvalue weighted by atomic mass is 19.1. The standard InChI is InChI=1S/C20H24FNO3/c1-14(10-15-6-8-18(25-2)9-7-15)13-22-20(24)12-19(23)16-4-3-5-17(21)11-16/h3-9,11,14,19,23H,10,12-13H2,1-2H3,(H,22,24). The van der Waals surface area contributed by atoms with Gasteiger partial charge in [0.1, 0.15) is 11.6 Å². The fourth-order valence-electron chi connectivity index (χ4n) is 2.60. The van der Waals surface area contributed by atoms with Gasteiger partial charge in [0.05, 0.1) is 19.6 Å². The number of ether oxygens (including phenoxy) is 1. The minimum absolute atomic E-state index is 0.0846. The lowest BCUT2D eigenvalue weighted by Crippen LogP contribution is -2.30. The van der Waals surface area contributed by atoms with Crippen molar-refractivity contribution >= 4 is 5.91 Å². The van der Waals surface area contributed by atoms with Crippen molar-refractivity contribution in [1.82, 2.24) is 5.32 Å². The Balaban J connectivity index is 1.76. The van der Waals surface area contributed by atoms with Crippen molar-refractivity contribution in [2.24, 2.45) is 5.92 Å². The van der Waals surface area contributed by atoms with Crippen molar-refractivity contribution in [3.63, 3.8) is 0 Å². The minimum Gasteiger partial charge on any atom is -0.497 e. The van der Waals surface area contributed by atoms with E-state index in [9.17, 15) is 14.3 Å². The molecule has 1 amide bonds. The van der Waals surface area contributed by atoms with E-state index in [4.69, 9.17) is 4.74 Å². The lowest BCUT2D eigenvalue weighted by molar-refractivity contribution is -0.123. The minimum atomic E-state index is -1.01. The van der Waals surface area contributed by atoms with Gasteiger partial charge in [-0.3, -0.25) is 4.79 Å². The maximum absolute atomic E-state index is 13.2. The summed E-state index contributed by atoms with van der Waals surface area (Å²) in [5, 5.41) is 12.8. The molecule has 2 rings (SSSR count). The molecule has 0 spiro atoms. The van der Waals surface area contributed by atoms with Gasteiger partial charge in [0.25, 0.3) is 0 Å². The highest BCUT2D eigenvalue weighted by Crippen LogP contribution is 2.18. The number of benzene rings is 2. The van der Waals surface area contributed by atoms with Crippen LogP contribution in [0.3, 0.4) is 0 Å². The second-order valence-corrected chi connectivity index (χ2v) is 6.24. The van der Waals surface area contributed by atoms with Gasteiger partial charge in [-0.2, -0.15) is 0 Å². The predicted octanol–water partition coefficient (Wildman–Crippen LogP) is 3.25. The summed E-state index contributed by atoms with van der Waals surface area (Å²) in [6, 6.07) is 13.5. The number of halogens is 1. The molecule has 0 aliphatic carbocycles. The molecule has 0 aliphatic heterocycles. The molecule has 2 atom stereocenters. The second-order valence-electron chi connectivity index (χ2n) is 6.24. The van der Waals surface area contributed by atoms with Crippen LogP contribution in [0.4, 0.5) is 4.39 Å². The molecular weight excluding hydrogens is 321 g/mol. The molecule has 0 heterocycles. The Morgan fingerprint density at radius 3 is 2.60 bits per heavy atom. The summed E-state index contributed by atoms with van der Waals surface area (Å²) in [7, 11) is 1.63. The quantitative estimate of drug-likeness (QED) is 0.772. The molecule has 2 aromatic carbocycles. The smallest absolute Gasteiger partial charge is 0.222 e. The van der Waals surface area contributed by atoms with Gasteiger partial charge >= 0.3 is 0 Å². The maximum atomic E-state index is 13.2. The second kappa shape index (κ2) is 9.18. The van der Waals surface area contributed by atoms with Crippen molar-refractivity contribution in [2.45, 2.75) is 25.9 Å². The monoisotopic (exact) mass is 345 g/mol. The summed E-state index contributed by atoms with van der Waals surface area (Å²) >= 11 is 0. The van der Waals surface area contributed by atoms with E-state index in [1.807, 2.05) is 31.2 Å². The highest BCUT2D eigenvalue weighted by molar-refractivity contribution is 5.76. The molecule has 2 unspecified atom stereocenters. The third-order valence-corrected chi connectivity index (χ3v) is 4.00. The van der Waals surface area contributed by atoms with Gasteiger partial charge in [0.2, 0.25) is 5.91 Å². The van der Waals surface area contributed by atoms with Crippen LogP contribution in [-0.4, -0.2) is 24.7 Å². The van der Waals surface area contributed by atoms with Crippen molar-refractivity contribution in [3.05, 3.63) is 65.5 Å². The van der Waals surface area contributed by atoms with Crippen LogP contribution in [0.15, 0.2) is 48.5 Å². The number of aliphatic hydroxyl groups excluding tert-OH is 1. The van der Waals surface area contributed by atoms with Crippen LogP contribution in [0.1, 0.15) is 30.6 Å². The molecule has 0 saturated heterocycles. The molecule has 0 radical (unpaired) electrons. The van der Waals surface area contributed by atoms with Crippen LogP contribution < -0.4 is 10.1 Å². The summed E-state index contributed by atoms with van der Waals surface area (Å²) < 4.78 is 18.3. The Morgan fingerprint density at radius 2 is 1.96 bits per heavy atom. The van der Waals surface area contributed by atoms with E-state index in [-0.39, 0.29) is 18.2 Å². The molecule has 0 bridgehead atoms. The van der Waals surface area contributed by atoms with Crippen LogP contribution in [0.2, 0.25) is 0 Å². The molecule has 2 aromatic rings. The van der Waals surface area contributed by atoms with Gasteiger partial charge in [-0.15, -0.1) is 0 Å². The van der Waals surface area contributed by atoms with E-state index < -0.39 is 11.9 Å². The highest BCUT2D eigenvalue weighted by Gasteiger charge is 2.14. The summed E-state index contributed by atoms with van der Waals surface area (Å²) in [5.41, 5.74) is 1.57. The zero-order valence-electron chi connectivity index (χ0n) is 14.5. The molecule has 5 heteroatoms. The predicted molar refractivity (Wildman–Crippen MR) is 94.8 cm³/mol. The molecule has 0 saturated carbocycles. The van der Waals surface area contributed by atoms with Gasteiger partial charge in [0, 0.05) is 6.54 Å². The first-order valence-corrected chi connectivity index (χ1v) is 8.31. The zero-order valence-corrected chi connectivity index (χ0v) is 14.5. The first kappa shape index (κ1) is 18.9. The fraction of sp³-hybridized carbons (Fsp3) is 0.350. The van der Waals surface area contributed by atoms with Crippen molar-refractivity contribution in [1.29, 1.82) is 0 Å². The third kappa shape index (κ3) is 6.19. The third-order valence-electron chi connectivity index (χ3n) is 4.00. The van der Waals surface area contributed by atoms with Crippen molar-refractivity contribution in [2.75, 3.05) is 13.7 Å². The number of amides is 1. The Labute approximate surface area is 147 Å². The van der Waals surface area contributed by atoms with Crippen LogP contribution in [0.5, 0.6) is 5.75 Å². The van der Waals surface area contributed by atoms with E-state index in [1.165, 1.54) is 23.8 Å². The van der Waals surface area contributed by atoms with E-state index >= 15 is 0 Å². The Morgan fingerprint density at radius 1 is 1.24 bits per heavy atom. The lowest BCUT2D eigenvalue weighted by Gasteiger charge is -2.15. The fourth-order valence-corrected chi connectivity index (χ4v) is 2.60. The van der Waals surface area contributed by atoms with E-state index in [2.05, 4.69) is 5.32 Å². The Bertz CT molecular complexity index is 688. The van der Waals surface area contributed by atoms with Crippen molar-refractivity contribution in [3.8, 4) is 5.75 Å². The van der Waals surface area contributed by atoms with Crippen LogP contribution in [0, 0.1) is 11.7 Å². The summed E-state index contributed by atoms with van der Waals surface area (Å²) in [5.74, 6) is 0.392. The lowest BCUT2D eigenvalue weighted by atomic mass is 10.0. The van der Waals surface area contributed by atoms with Gasteiger partial charge in [-0.25, -0.2) is 4.39 Å².